The van der Waals surface area contributed by atoms with E-state index in [0.717, 1.165) is 10.2 Å². The van der Waals surface area contributed by atoms with Gasteiger partial charge in [0.2, 0.25) is 5.91 Å². The number of nitrogens with two attached hydrogens (primary N) is 1. The number of rotatable bonds is 5. The highest BCUT2D eigenvalue weighted by Gasteiger charge is 2.13. The summed E-state index contributed by atoms with van der Waals surface area (Å²) in [5.74, 6) is -0.375. The molecule has 0 radical (unpaired) electrons. The molecule has 0 aliphatic rings. The molecule has 8 heteroatoms. The molecule has 1 amide bonds. The van der Waals surface area contributed by atoms with Gasteiger partial charge >= 0.3 is 0 Å². The Labute approximate surface area is 118 Å². The van der Waals surface area contributed by atoms with Gasteiger partial charge in [-0.3, -0.25) is 9.69 Å². The number of halogens is 2. The number of alkyl halides is 2. The summed E-state index contributed by atoms with van der Waals surface area (Å²) in [5, 5.41) is 3.03. The quantitative estimate of drug-likeness (QED) is 0.829. The zero-order chi connectivity index (χ0) is 14.7. The molecule has 0 bridgehead atoms. The topological polar surface area (TPSA) is 71.2 Å². The minimum absolute atomic E-state index is 0.109. The van der Waals surface area contributed by atoms with Gasteiger partial charge in [-0.15, -0.1) is 0 Å². The lowest BCUT2D eigenvalue weighted by atomic mass is 10.3. The Kier molecular flexibility index (Phi) is 4.46. The van der Waals surface area contributed by atoms with Gasteiger partial charge < -0.3 is 11.1 Å². The predicted octanol–water partition coefficient (Wildman–Crippen LogP) is 2.01. The summed E-state index contributed by atoms with van der Waals surface area (Å²) in [6.07, 6.45) is -2.46. The zero-order valence-corrected chi connectivity index (χ0v) is 11.6. The molecule has 0 saturated carbocycles. The van der Waals surface area contributed by atoms with Crippen molar-refractivity contribution in [3.63, 3.8) is 0 Å². The van der Waals surface area contributed by atoms with E-state index >= 15 is 0 Å². The molecule has 1 aromatic heterocycles. The maximum Gasteiger partial charge on any atom is 0.251 e. The number of anilines is 2. The van der Waals surface area contributed by atoms with Crippen LogP contribution in [0.2, 0.25) is 0 Å². The number of nitrogens with one attached hydrogen (secondary N) is 1. The summed E-state index contributed by atoms with van der Waals surface area (Å²) in [4.78, 5) is 17.2. The van der Waals surface area contributed by atoms with Crippen LogP contribution in [0.4, 0.5) is 19.6 Å². The number of carbonyl (C=O) groups is 1. The Bertz CT molecular complexity index is 617. The number of fused-ring (bicyclic) bond motifs is 1. The number of benzene rings is 1. The maximum atomic E-state index is 12.1. The van der Waals surface area contributed by atoms with E-state index in [1.165, 1.54) is 23.3 Å². The predicted molar refractivity (Wildman–Crippen MR) is 76.2 cm³/mol. The molecule has 0 spiro atoms. The van der Waals surface area contributed by atoms with E-state index in [-0.39, 0.29) is 12.5 Å². The Morgan fingerprint density at radius 3 is 3.00 bits per heavy atom. The van der Waals surface area contributed by atoms with Gasteiger partial charge in [0.05, 0.1) is 23.3 Å². The highest BCUT2D eigenvalue weighted by Crippen LogP contribution is 2.27. The van der Waals surface area contributed by atoms with Crippen LogP contribution in [0.3, 0.4) is 0 Å². The SMILES string of the molecule is CN(CC(=O)Nc1nc2ccc(N)cc2s1)CC(F)F. The molecule has 0 atom stereocenters. The number of aromatic nitrogens is 1. The second-order valence-electron chi connectivity index (χ2n) is 4.38. The van der Waals surface area contributed by atoms with Crippen LogP contribution in [0.15, 0.2) is 18.2 Å². The first-order valence-electron chi connectivity index (χ1n) is 5.86. The Hall–Kier alpha value is -1.80. The van der Waals surface area contributed by atoms with E-state index in [4.69, 9.17) is 5.73 Å². The van der Waals surface area contributed by atoms with Gasteiger partial charge in [0.15, 0.2) is 5.13 Å². The van der Waals surface area contributed by atoms with E-state index in [9.17, 15) is 13.6 Å². The summed E-state index contributed by atoms with van der Waals surface area (Å²) in [5.41, 5.74) is 7.02. The van der Waals surface area contributed by atoms with Gasteiger partial charge in [0, 0.05) is 5.69 Å². The average molecular weight is 300 g/mol. The van der Waals surface area contributed by atoms with Crippen LogP contribution >= 0.6 is 11.3 Å². The Balaban J connectivity index is 1.99. The monoisotopic (exact) mass is 300 g/mol. The van der Waals surface area contributed by atoms with Crippen molar-refractivity contribution in [3.05, 3.63) is 18.2 Å². The number of nitrogens with zero attached hydrogens (tertiary/aromatic N) is 2. The summed E-state index contributed by atoms with van der Waals surface area (Å²) in [6.45, 7) is -0.549. The van der Waals surface area contributed by atoms with Gasteiger partial charge in [-0.25, -0.2) is 13.8 Å². The van der Waals surface area contributed by atoms with Crippen molar-refractivity contribution in [3.8, 4) is 0 Å². The fraction of sp³-hybridized carbons (Fsp3) is 0.333. The second-order valence-corrected chi connectivity index (χ2v) is 5.41. The Morgan fingerprint density at radius 2 is 2.30 bits per heavy atom. The van der Waals surface area contributed by atoms with E-state index in [0.29, 0.717) is 10.8 Å². The molecule has 5 nitrogen and oxygen atoms in total. The van der Waals surface area contributed by atoms with Crippen LogP contribution in [0, 0.1) is 0 Å². The fourth-order valence-electron chi connectivity index (χ4n) is 1.70. The second kappa shape index (κ2) is 6.10. The molecule has 20 heavy (non-hydrogen) atoms. The maximum absolute atomic E-state index is 12.1. The molecular formula is C12H14F2N4OS. The molecule has 1 aromatic carbocycles. The lowest BCUT2D eigenvalue weighted by Crippen LogP contribution is -2.33. The molecule has 0 unspecified atom stereocenters. The summed E-state index contributed by atoms with van der Waals surface area (Å²) < 4.78 is 25.2. The lowest BCUT2D eigenvalue weighted by molar-refractivity contribution is -0.117. The smallest absolute Gasteiger partial charge is 0.251 e. The first kappa shape index (κ1) is 14.6. The summed E-state index contributed by atoms with van der Waals surface area (Å²) in [7, 11) is 1.46. The molecule has 2 rings (SSSR count). The average Bonchev–Trinajstić information content (AvgIpc) is 2.68. The van der Waals surface area contributed by atoms with Crippen LogP contribution < -0.4 is 11.1 Å². The third kappa shape index (κ3) is 3.84. The van der Waals surface area contributed by atoms with Gasteiger partial charge in [-0.05, 0) is 25.2 Å². The van der Waals surface area contributed by atoms with Gasteiger partial charge in [-0.1, -0.05) is 11.3 Å². The minimum Gasteiger partial charge on any atom is -0.399 e. The van der Waals surface area contributed by atoms with Crippen molar-refractivity contribution in [2.24, 2.45) is 0 Å². The van der Waals surface area contributed by atoms with Crippen LogP contribution in [0.25, 0.3) is 10.2 Å². The molecular weight excluding hydrogens is 286 g/mol. The minimum atomic E-state index is -2.46. The number of thiazole rings is 1. The number of nitrogen functional groups attached to an aromatic ring is 1. The van der Waals surface area contributed by atoms with Crippen molar-refractivity contribution in [2.45, 2.75) is 6.43 Å². The van der Waals surface area contributed by atoms with Crippen molar-refractivity contribution < 1.29 is 13.6 Å². The van der Waals surface area contributed by atoms with Crippen molar-refractivity contribution in [2.75, 3.05) is 31.2 Å². The third-order valence-electron chi connectivity index (χ3n) is 2.52. The van der Waals surface area contributed by atoms with E-state index in [2.05, 4.69) is 10.3 Å². The molecule has 0 aliphatic heterocycles. The highest BCUT2D eigenvalue weighted by atomic mass is 32.1. The number of hydrogen-bond donors (Lipinski definition) is 2. The number of carbonyl (C=O) groups excluding carboxylic acids is 1. The largest absolute Gasteiger partial charge is 0.399 e. The first-order valence-corrected chi connectivity index (χ1v) is 6.68. The summed E-state index contributed by atoms with van der Waals surface area (Å²) >= 11 is 1.29. The van der Waals surface area contributed by atoms with Gasteiger partial charge in [0.1, 0.15) is 0 Å². The van der Waals surface area contributed by atoms with Crippen LogP contribution in [0.1, 0.15) is 0 Å². The lowest BCUT2D eigenvalue weighted by Gasteiger charge is -2.14. The normalized spacial score (nSPS) is 11.4. The zero-order valence-electron chi connectivity index (χ0n) is 10.8. The van der Waals surface area contributed by atoms with E-state index < -0.39 is 13.0 Å². The molecule has 3 N–H and O–H groups in total. The standard InChI is InChI=1S/C12H14F2N4OS/c1-18(5-10(13)14)6-11(19)17-12-16-8-3-2-7(15)4-9(8)20-12/h2-4,10H,5-6,15H2,1H3,(H,16,17,19). The van der Waals surface area contributed by atoms with Crippen molar-refractivity contribution in [1.29, 1.82) is 0 Å². The molecule has 108 valence electrons. The van der Waals surface area contributed by atoms with Gasteiger partial charge in [0.25, 0.3) is 6.43 Å². The number of likely N-dealkylation sites (N-methyl/N-ethyl adjacent to an activating group) is 1. The fourth-order valence-corrected chi connectivity index (χ4v) is 2.63. The highest BCUT2D eigenvalue weighted by molar-refractivity contribution is 7.22. The molecule has 2 aromatic rings. The Morgan fingerprint density at radius 1 is 1.55 bits per heavy atom. The molecule has 0 aliphatic carbocycles. The molecule has 0 fully saturated rings. The first-order chi connectivity index (χ1) is 9.44. The molecule has 1 heterocycles. The number of hydrogen-bond acceptors (Lipinski definition) is 5. The number of amides is 1. The van der Waals surface area contributed by atoms with Crippen molar-refractivity contribution in [1.82, 2.24) is 9.88 Å². The van der Waals surface area contributed by atoms with Crippen LogP contribution in [-0.2, 0) is 4.79 Å². The summed E-state index contributed by atoms with van der Waals surface area (Å²) in [6, 6.07) is 5.26. The molecule has 0 saturated heterocycles. The third-order valence-corrected chi connectivity index (χ3v) is 3.46. The van der Waals surface area contributed by atoms with Gasteiger partial charge in [-0.2, -0.15) is 0 Å². The van der Waals surface area contributed by atoms with E-state index in [1.807, 2.05) is 0 Å². The van der Waals surface area contributed by atoms with Crippen molar-refractivity contribution >= 4 is 38.3 Å². The van der Waals surface area contributed by atoms with Crippen LogP contribution in [0.5, 0.6) is 0 Å². The van der Waals surface area contributed by atoms with E-state index in [1.54, 1.807) is 18.2 Å². The van der Waals surface area contributed by atoms with Crippen LogP contribution in [-0.4, -0.2) is 42.4 Å².